The summed E-state index contributed by atoms with van der Waals surface area (Å²) in [6, 6.07) is 8.17. The molecule has 2 rings (SSSR count). The van der Waals surface area contributed by atoms with Crippen molar-refractivity contribution >= 4 is 16.8 Å². The molecule has 0 radical (unpaired) electrons. The zero-order valence-electron chi connectivity index (χ0n) is 11.2. The minimum atomic E-state index is -0.155. The summed E-state index contributed by atoms with van der Waals surface area (Å²) in [6.07, 6.45) is 3.29. The highest BCUT2D eigenvalue weighted by Gasteiger charge is 2.14. The van der Waals surface area contributed by atoms with Gasteiger partial charge >= 0.3 is 0 Å². The molecule has 0 unspecified atom stereocenters. The van der Waals surface area contributed by atoms with Crippen molar-refractivity contribution in [3.8, 4) is 0 Å². The molecule has 2 aromatic rings. The van der Waals surface area contributed by atoms with Crippen molar-refractivity contribution in [1.82, 2.24) is 10.3 Å². The molecule has 0 aliphatic carbocycles. The number of carbonyl (C=O) groups excluding carboxylic acids is 1. The van der Waals surface area contributed by atoms with Gasteiger partial charge in [0.05, 0.1) is 0 Å². The van der Waals surface area contributed by atoms with E-state index >= 15 is 0 Å². The van der Waals surface area contributed by atoms with Crippen molar-refractivity contribution in [2.45, 2.75) is 39.2 Å². The zero-order valence-corrected chi connectivity index (χ0v) is 11.2. The van der Waals surface area contributed by atoms with E-state index in [1.165, 1.54) is 10.9 Å². The van der Waals surface area contributed by atoms with E-state index in [1.54, 1.807) is 0 Å². The number of carbonyl (C=O) groups is 1. The second-order valence-corrected chi connectivity index (χ2v) is 5.66. The highest BCUT2D eigenvalue weighted by molar-refractivity contribution is 5.84. The molecule has 0 aliphatic rings. The van der Waals surface area contributed by atoms with Crippen LogP contribution in [0.1, 0.15) is 32.8 Å². The molecule has 1 amide bonds. The molecule has 2 N–H and O–H groups in total. The molecule has 0 spiro atoms. The molecule has 1 heterocycles. The normalized spacial score (nSPS) is 11.7. The van der Waals surface area contributed by atoms with Crippen LogP contribution in [0, 0.1) is 0 Å². The fourth-order valence-corrected chi connectivity index (χ4v) is 2.07. The van der Waals surface area contributed by atoms with Crippen LogP contribution in [0.25, 0.3) is 10.9 Å². The molecular weight excluding hydrogens is 224 g/mol. The lowest BCUT2D eigenvalue weighted by atomic mass is 10.1. The van der Waals surface area contributed by atoms with Gasteiger partial charge in [0.15, 0.2) is 0 Å². The van der Waals surface area contributed by atoms with Gasteiger partial charge in [-0.3, -0.25) is 4.79 Å². The smallest absolute Gasteiger partial charge is 0.220 e. The van der Waals surface area contributed by atoms with Gasteiger partial charge in [-0.25, -0.2) is 0 Å². The third-order valence-electron chi connectivity index (χ3n) is 2.81. The Labute approximate surface area is 108 Å². The van der Waals surface area contributed by atoms with Gasteiger partial charge in [-0.15, -0.1) is 0 Å². The Bertz CT molecular complexity index is 549. The van der Waals surface area contributed by atoms with Crippen molar-refractivity contribution in [1.29, 1.82) is 0 Å². The lowest BCUT2D eigenvalue weighted by molar-refractivity contribution is -0.122. The second-order valence-electron chi connectivity index (χ2n) is 5.66. The van der Waals surface area contributed by atoms with Crippen LogP contribution < -0.4 is 5.32 Å². The first-order chi connectivity index (χ1) is 8.46. The van der Waals surface area contributed by atoms with Gasteiger partial charge in [-0.05, 0) is 38.8 Å². The standard InChI is InChI=1S/C15H20N2O/c1-15(2,3)17-14(18)9-8-11-10-16-13-7-5-4-6-12(11)13/h4-7,10,16H,8-9H2,1-3H3,(H,17,18). The second kappa shape index (κ2) is 4.84. The summed E-state index contributed by atoms with van der Waals surface area (Å²) in [5.41, 5.74) is 2.18. The molecule has 96 valence electrons. The molecule has 0 aliphatic heterocycles. The number of fused-ring (bicyclic) bond motifs is 1. The van der Waals surface area contributed by atoms with Gasteiger partial charge in [0.25, 0.3) is 0 Å². The molecule has 3 nitrogen and oxygen atoms in total. The Morgan fingerprint density at radius 1 is 1.28 bits per heavy atom. The van der Waals surface area contributed by atoms with Gasteiger partial charge < -0.3 is 10.3 Å². The van der Waals surface area contributed by atoms with Crippen LogP contribution in [0.5, 0.6) is 0 Å². The van der Waals surface area contributed by atoms with Gasteiger partial charge in [-0.2, -0.15) is 0 Å². The van der Waals surface area contributed by atoms with Crippen molar-refractivity contribution in [3.05, 3.63) is 36.0 Å². The zero-order chi connectivity index (χ0) is 13.2. The number of aromatic amines is 1. The topological polar surface area (TPSA) is 44.9 Å². The van der Waals surface area contributed by atoms with E-state index in [1.807, 2.05) is 45.2 Å². The van der Waals surface area contributed by atoms with E-state index in [0.717, 1.165) is 11.9 Å². The average Bonchev–Trinajstić information content (AvgIpc) is 2.67. The lowest BCUT2D eigenvalue weighted by Gasteiger charge is -2.20. The number of aryl methyl sites for hydroxylation is 1. The SMILES string of the molecule is CC(C)(C)NC(=O)CCc1c[nH]c2ccccc12. The van der Waals surface area contributed by atoms with Crippen molar-refractivity contribution < 1.29 is 4.79 Å². The Balaban J connectivity index is 2.00. The van der Waals surface area contributed by atoms with Crippen LogP contribution >= 0.6 is 0 Å². The number of benzene rings is 1. The Hall–Kier alpha value is -1.77. The molecule has 3 heteroatoms. The first kappa shape index (κ1) is 12.7. The third kappa shape index (κ3) is 3.13. The summed E-state index contributed by atoms with van der Waals surface area (Å²) < 4.78 is 0. The molecule has 0 atom stereocenters. The Morgan fingerprint density at radius 2 is 2.00 bits per heavy atom. The lowest BCUT2D eigenvalue weighted by Crippen LogP contribution is -2.40. The Morgan fingerprint density at radius 3 is 2.72 bits per heavy atom. The number of aromatic nitrogens is 1. The maximum atomic E-state index is 11.8. The molecule has 18 heavy (non-hydrogen) atoms. The van der Waals surface area contributed by atoms with Crippen LogP contribution in [0.4, 0.5) is 0 Å². The quantitative estimate of drug-likeness (QED) is 0.856. The van der Waals surface area contributed by atoms with E-state index in [9.17, 15) is 4.79 Å². The van der Waals surface area contributed by atoms with Gasteiger partial charge in [0.1, 0.15) is 0 Å². The maximum Gasteiger partial charge on any atom is 0.220 e. The highest BCUT2D eigenvalue weighted by atomic mass is 16.1. The summed E-state index contributed by atoms with van der Waals surface area (Å²) in [4.78, 5) is 15.0. The summed E-state index contributed by atoms with van der Waals surface area (Å²) in [6.45, 7) is 5.99. The minimum Gasteiger partial charge on any atom is -0.361 e. The first-order valence-corrected chi connectivity index (χ1v) is 6.32. The average molecular weight is 244 g/mol. The Kier molecular flexibility index (Phi) is 3.41. The predicted octanol–water partition coefficient (Wildman–Crippen LogP) is 3.02. The van der Waals surface area contributed by atoms with Crippen LogP contribution in [-0.4, -0.2) is 16.4 Å². The third-order valence-corrected chi connectivity index (χ3v) is 2.81. The molecule has 0 bridgehead atoms. The number of para-hydroxylation sites is 1. The number of H-pyrrole nitrogens is 1. The van der Waals surface area contributed by atoms with E-state index in [4.69, 9.17) is 0 Å². The molecule has 0 saturated heterocycles. The summed E-state index contributed by atoms with van der Waals surface area (Å²) in [7, 11) is 0. The monoisotopic (exact) mass is 244 g/mol. The molecule has 1 aromatic carbocycles. The van der Waals surface area contributed by atoms with Gasteiger partial charge in [0, 0.05) is 29.1 Å². The summed E-state index contributed by atoms with van der Waals surface area (Å²) in [5.74, 6) is 0.104. The molecule has 0 fully saturated rings. The number of amides is 1. The maximum absolute atomic E-state index is 11.8. The number of hydrogen-bond acceptors (Lipinski definition) is 1. The molecular formula is C15H20N2O. The number of nitrogens with one attached hydrogen (secondary N) is 2. The number of rotatable bonds is 3. The van der Waals surface area contributed by atoms with Crippen LogP contribution in [0.15, 0.2) is 30.5 Å². The van der Waals surface area contributed by atoms with Crippen LogP contribution in [-0.2, 0) is 11.2 Å². The molecule has 1 aromatic heterocycles. The van der Waals surface area contributed by atoms with Crippen LogP contribution in [0.3, 0.4) is 0 Å². The van der Waals surface area contributed by atoms with E-state index in [-0.39, 0.29) is 11.4 Å². The first-order valence-electron chi connectivity index (χ1n) is 6.32. The summed E-state index contributed by atoms with van der Waals surface area (Å²) >= 11 is 0. The van der Waals surface area contributed by atoms with E-state index in [2.05, 4.69) is 16.4 Å². The summed E-state index contributed by atoms with van der Waals surface area (Å²) in [5, 5.41) is 4.19. The van der Waals surface area contributed by atoms with Crippen molar-refractivity contribution in [3.63, 3.8) is 0 Å². The van der Waals surface area contributed by atoms with Gasteiger partial charge in [0.2, 0.25) is 5.91 Å². The fourth-order valence-electron chi connectivity index (χ4n) is 2.07. The highest BCUT2D eigenvalue weighted by Crippen LogP contribution is 2.18. The van der Waals surface area contributed by atoms with E-state index < -0.39 is 0 Å². The predicted molar refractivity (Wildman–Crippen MR) is 74.5 cm³/mol. The van der Waals surface area contributed by atoms with Crippen molar-refractivity contribution in [2.75, 3.05) is 0 Å². The largest absolute Gasteiger partial charge is 0.361 e. The fraction of sp³-hybridized carbons (Fsp3) is 0.400. The van der Waals surface area contributed by atoms with E-state index in [0.29, 0.717) is 6.42 Å². The number of hydrogen-bond donors (Lipinski definition) is 2. The van der Waals surface area contributed by atoms with Crippen LogP contribution in [0.2, 0.25) is 0 Å². The van der Waals surface area contributed by atoms with Gasteiger partial charge in [-0.1, -0.05) is 18.2 Å². The van der Waals surface area contributed by atoms with Crippen molar-refractivity contribution in [2.24, 2.45) is 0 Å². The minimum absolute atomic E-state index is 0.104. The molecule has 0 saturated carbocycles.